The minimum atomic E-state index is 1.18. The molecule has 0 saturated heterocycles. The third-order valence-electron chi connectivity index (χ3n) is 21.7. The first-order valence-electron chi connectivity index (χ1n) is 41.3. The molecule has 2 heteroatoms. The fourth-order valence-electron chi connectivity index (χ4n) is 16.1. The molecule has 6 aromatic carbocycles. The second-order valence-corrected chi connectivity index (χ2v) is 31.2. The van der Waals surface area contributed by atoms with Crippen LogP contribution in [0.4, 0.5) is 0 Å². The van der Waals surface area contributed by atoms with Crippen molar-refractivity contribution in [3.05, 3.63) is 118 Å². The molecule has 0 N–H and O–H groups in total. The van der Waals surface area contributed by atoms with Gasteiger partial charge in [-0.1, -0.05) is 403 Å². The molecule has 0 saturated carbocycles. The summed E-state index contributed by atoms with van der Waals surface area (Å²) in [5.74, 6) is 0. The maximum absolute atomic E-state index is 2.74. The van der Waals surface area contributed by atoms with Crippen molar-refractivity contribution in [1.29, 1.82) is 0 Å². The lowest BCUT2D eigenvalue weighted by Gasteiger charge is -2.28. The maximum Gasteiger partial charge on any atom is 0.0293 e. The van der Waals surface area contributed by atoms with Crippen molar-refractivity contribution >= 4 is 76.4 Å². The highest BCUT2D eigenvalue weighted by atomic mass is 32.2. The van der Waals surface area contributed by atoms with Crippen LogP contribution in [-0.2, 0) is 25.7 Å². The Morgan fingerprint density at radius 1 is 0.234 bits per heavy atom. The smallest absolute Gasteiger partial charge is 0.0293 e. The van der Waals surface area contributed by atoms with Crippen LogP contribution in [0.25, 0.3) is 52.9 Å². The zero-order valence-electron chi connectivity index (χ0n) is 62.5. The van der Waals surface area contributed by atoms with Gasteiger partial charge in [-0.3, -0.25) is 0 Å². The van der Waals surface area contributed by atoms with Gasteiger partial charge in [0.2, 0.25) is 0 Å². The maximum atomic E-state index is 2.74. The summed E-state index contributed by atoms with van der Waals surface area (Å²) in [4.78, 5) is 2.98. The lowest BCUT2D eigenvalue weighted by Crippen LogP contribution is -2.10. The highest BCUT2D eigenvalue weighted by molar-refractivity contribution is 8.13. The highest BCUT2D eigenvalue weighted by Gasteiger charge is 2.27. The average Bonchev–Trinajstić information content (AvgIpc) is 0.726. The van der Waals surface area contributed by atoms with E-state index in [4.69, 9.17) is 0 Å². The highest BCUT2D eigenvalue weighted by Crippen LogP contribution is 2.50. The molecule has 94 heavy (non-hydrogen) atoms. The standard InChI is InChI=1S/C92H144S2/c1-7-11-15-19-23-27-31-35-39-43-47-51-55-69-82-84(71-57-53-49-45-41-37-33-29-25-21-17-13-9-3)89-83(70-56-52-48-44-40-36-32-28-24-20-16-12-8-2)81-68-62-61-66-80(81)76-88(89)90(85(82)72-58-54-50-46-42-38-34-30-26-22-18-14-10-4)92(94-6)91(93-5)86-73-63-67-79-74-77-64-59-60-65-78(77)75-87(79)86/h59-68,73-76H,7-58,69-72H2,1-6H3. The molecule has 0 aliphatic heterocycles. The fraction of sp³-hybridized carbons (Fsp3) is 0.674. The Bertz CT molecular complexity index is 2920. The van der Waals surface area contributed by atoms with Gasteiger partial charge in [-0.15, -0.1) is 23.5 Å². The van der Waals surface area contributed by atoms with Crippen LogP contribution in [0.5, 0.6) is 0 Å². The summed E-state index contributed by atoms with van der Waals surface area (Å²) >= 11 is 4.07. The molecule has 0 unspecified atom stereocenters. The molecule has 6 rings (SSSR count). The SMILES string of the molecule is CCCCCCCCCCCCCCCc1c(CCCCCCCCCCCCCCC)c(CCCCCCCCCCCCCCC)c2c(CCCCCCCCCCCCCCC)c3ccccc3cc2c1C(SC)=C(SC)c1cccc2cc3ccccc3cc12. The van der Waals surface area contributed by atoms with Crippen LogP contribution in [-0.4, -0.2) is 12.5 Å². The van der Waals surface area contributed by atoms with Crippen LogP contribution in [0.15, 0.2) is 84.9 Å². The number of unbranched alkanes of at least 4 members (excludes halogenated alkanes) is 48. The van der Waals surface area contributed by atoms with Gasteiger partial charge in [0, 0.05) is 15.4 Å². The molecule has 0 aromatic heterocycles. The zero-order chi connectivity index (χ0) is 66.1. The summed E-state index contributed by atoms with van der Waals surface area (Å²) in [7, 11) is 0. The van der Waals surface area contributed by atoms with Crippen LogP contribution in [0.1, 0.15) is 395 Å². The van der Waals surface area contributed by atoms with Gasteiger partial charge in [0.05, 0.1) is 0 Å². The van der Waals surface area contributed by atoms with Crippen molar-refractivity contribution in [1.82, 2.24) is 0 Å². The molecule has 524 valence electrons. The van der Waals surface area contributed by atoms with Gasteiger partial charge < -0.3 is 0 Å². The lowest BCUT2D eigenvalue weighted by molar-refractivity contribution is 0.536. The number of hydrogen-bond acceptors (Lipinski definition) is 2. The molecule has 0 radical (unpaired) electrons. The summed E-state index contributed by atoms with van der Waals surface area (Å²) in [6.45, 7) is 9.36. The normalized spacial score (nSPS) is 12.2. The average molecular weight is 1310 g/mol. The van der Waals surface area contributed by atoms with Gasteiger partial charge in [-0.25, -0.2) is 0 Å². The van der Waals surface area contributed by atoms with Crippen molar-refractivity contribution in [2.75, 3.05) is 12.5 Å². The summed E-state index contributed by atoms with van der Waals surface area (Å²) in [5.41, 5.74) is 10.0. The van der Waals surface area contributed by atoms with Crippen molar-refractivity contribution in [2.45, 2.75) is 387 Å². The molecular weight excluding hydrogens is 1170 g/mol. The van der Waals surface area contributed by atoms with E-state index in [1.165, 1.54) is 407 Å². The molecule has 0 nitrogen and oxygen atoms in total. The van der Waals surface area contributed by atoms with Gasteiger partial charge in [0.25, 0.3) is 0 Å². The zero-order valence-corrected chi connectivity index (χ0v) is 64.1. The molecule has 0 atom stereocenters. The van der Waals surface area contributed by atoms with Crippen LogP contribution < -0.4 is 0 Å². The molecule has 0 aliphatic carbocycles. The van der Waals surface area contributed by atoms with Crippen LogP contribution in [0.2, 0.25) is 0 Å². The number of aryl methyl sites for hydroxylation is 2. The molecule has 0 aliphatic rings. The number of thioether (sulfide) groups is 2. The van der Waals surface area contributed by atoms with E-state index >= 15 is 0 Å². The lowest BCUT2D eigenvalue weighted by atomic mass is 9.79. The van der Waals surface area contributed by atoms with E-state index in [0.29, 0.717) is 0 Å². The van der Waals surface area contributed by atoms with Crippen LogP contribution in [0.3, 0.4) is 0 Å². The molecule has 0 spiro atoms. The molecule has 0 amide bonds. The minimum absolute atomic E-state index is 1.18. The first-order valence-corrected chi connectivity index (χ1v) is 43.8. The van der Waals surface area contributed by atoms with Crippen LogP contribution >= 0.6 is 23.5 Å². The van der Waals surface area contributed by atoms with Gasteiger partial charge in [0.15, 0.2) is 0 Å². The Kier molecular flexibility index (Phi) is 44.1. The Labute approximate surface area is 590 Å². The van der Waals surface area contributed by atoms with Crippen molar-refractivity contribution in [3.8, 4) is 0 Å². The first kappa shape index (κ1) is 79.8. The summed E-state index contributed by atoms with van der Waals surface area (Å²) < 4.78 is 0. The van der Waals surface area contributed by atoms with Crippen molar-refractivity contribution < 1.29 is 0 Å². The largest absolute Gasteiger partial charge is 0.128 e. The number of fused-ring (bicyclic) bond motifs is 4. The Hall–Kier alpha value is -3.20. The number of benzene rings is 6. The predicted molar refractivity (Wildman–Crippen MR) is 434 cm³/mol. The van der Waals surface area contributed by atoms with Crippen molar-refractivity contribution in [2.24, 2.45) is 0 Å². The molecule has 0 fully saturated rings. The second kappa shape index (κ2) is 51.9. The molecular formula is C92H144S2. The van der Waals surface area contributed by atoms with Gasteiger partial charge >= 0.3 is 0 Å². The van der Waals surface area contributed by atoms with Crippen molar-refractivity contribution in [3.63, 3.8) is 0 Å². The van der Waals surface area contributed by atoms with Gasteiger partial charge in [-0.2, -0.15) is 0 Å². The number of hydrogen-bond donors (Lipinski definition) is 0. The minimum Gasteiger partial charge on any atom is -0.128 e. The van der Waals surface area contributed by atoms with Gasteiger partial charge in [0.1, 0.15) is 0 Å². The molecule has 0 heterocycles. The Balaban J connectivity index is 1.42. The van der Waals surface area contributed by atoms with E-state index < -0.39 is 0 Å². The summed E-state index contributed by atoms with van der Waals surface area (Å²) in [5, 5.41) is 11.6. The summed E-state index contributed by atoms with van der Waals surface area (Å²) in [6.07, 6.45) is 82.6. The van der Waals surface area contributed by atoms with E-state index in [0.717, 1.165) is 0 Å². The molecule has 0 bridgehead atoms. The van der Waals surface area contributed by atoms with E-state index in [9.17, 15) is 0 Å². The first-order chi connectivity index (χ1) is 46.6. The molecule has 6 aromatic rings. The second-order valence-electron chi connectivity index (χ2n) is 29.6. The monoisotopic (exact) mass is 1310 g/mol. The fourth-order valence-corrected chi connectivity index (χ4v) is 18.0. The third kappa shape index (κ3) is 29.3. The van der Waals surface area contributed by atoms with E-state index in [1.807, 2.05) is 11.8 Å². The quantitative estimate of drug-likeness (QED) is 0.0212. The van der Waals surface area contributed by atoms with Crippen LogP contribution in [0, 0.1) is 0 Å². The van der Waals surface area contributed by atoms with Gasteiger partial charge in [-0.05, 0) is 153 Å². The van der Waals surface area contributed by atoms with E-state index in [-0.39, 0.29) is 0 Å². The number of rotatable bonds is 60. The Morgan fingerprint density at radius 2 is 0.521 bits per heavy atom. The predicted octanol–water partition coefficient (Wildman–Crippen LogP) is 32.4. The van der Waals surface area contributed by atoms with E-state index in [2.05, 4.69) is 137 Å². The van der Waals surface area contributed by atoms with E-state index in [1.54, 1.807) is 38.6 Å². The third-order valence-corrected chi connectivity index (χ3v) is 23.5. The topological polar surface area (TPSA) is 0 Å². The Morgan fingerprint density at radius 3 is 0.904 bits per heavy atom. The summed E-state index contributed by atoms with van der Waals surface area (Å²) in [6, 6.07) is 33.7.